The maximum Gasteiger partial charge on any atom is 0.261 e. The van der Waals surface area contributed by atoms with E-state index in [0.29, 0.717) is 25.3 Å². The molecule has 7 heteroatoms. The molecule has 0 fully saturated rings. The van der Waals surface area contributed by atoms with Crippen LogP contribution in [0.15, 0.2) is 81.7 Å². The van der Waals surface area contributed by atoms with Crippen molar-refractivity contribution in [2.24, 2.45) is 0 Å². The average Bonchev–Trinajstić information content (AvgIpc) is 2.84. The fourth-order valence-electron chi connectivity index (χ4n) is 3.57. The summed E-state index contributed by atoms with van der Waals surface area (Å²) in [6.07, 6.45) is 0.409. The number of nitrogens with one attached hydrogen (secondary N) is 1. The molecule has 0 saturated heterocycles. The predicted molar refractivity (Wildman–Crippen MR) is 142 cm³/mol. The first kappa shape index (κ1) is 26.0. The SMILES string of the molecule is CCNC(=O)[C@@H](Cc1ccccc1)N(Cc1ccc(Br)cc1)C(=O)COc1ccc(Br)c(C)c1. The third kappa shape index (κ3) is 7.43. The third-order valence-electron chi connectivity index (χ3n) is 5.38. The van der Waals surface area contributed by atoms with Crippen molar-refractivity contribution in [3.05, 3.63) is 98.4 Å². The molecule has 0 aliphatic heterocycles. The van der Waals surface area contributed by atoms with Crippen molar-refractivity contribution < 1.29 is 14.3 Å². The van der Waals surface area contributed by atoms with Gasteiger partial charge in [-0.25, -0.2) is 0 Å². The number of nitrogens with zero attached hydrogens (tertiary/aromatic N) is 1. The predicted octanol–water partition coefficient (Wildman–Crippen LogP) is 5.68. The highest BCUT2D eigenvalue weighted by atomic mass is 79.9. The first-order valence-corrected chi connectivity index (χ1v) is 12.7. The lowest BCUT2D eigenvalue weighted by atomic mass is 10.0. The molecule has 178 valence electrons. The fourth-order valence-corrected chi connectivity index (χ4v) is 4.08. The molecule has 0 radical (unpaired) electrons. The largest absolute Gasteiger partial charge is 0.484 e. The molecule has 1 atom stereocenters. The van der Waals surface area contributed by atoms with Crippen molar-refractivity contribution in [3.63, 3.8) is 0 Å². The number of aryl methyl sites for hydroxylation is 1. The molecule has 0 aliphatic carbocycles. The smallest absolute Gasteiger partial charge is 0.261 e. The molecule has 5 nitrogen and oxygen atoms in total. The van der Waals surface area contributed by atoms with Gasteiger partial charge >= 0.3 is 0 Å². The van der Waals surface area contributed by atoms with Crippen LogP contribution in [0.2, 0.25) is 0 Å². The van der Waals surface area contributed by atoms with Gasteiger partial charge < -0.3 is 15.0 Å². The molecule has 34 heavy (non-hydrogen) atoms. The van der Waals surface area contributed by atoms with E-state index in [9.17, 15) is 9.59 Å². The quantitative estimate of drug-likeness (QED) is 0.332. The highest BCUT2D eigenvalue weighted by molar-refractivity contribution is 9.10. The van der Waals surface area contributed by atoms with Gasteiger partial charge in [-0.15, -0.1) is 0 Å². The summed E-state index contributed by atoms with van der Waals surface area (Å²) >= 11 is 6.93. The minimum Gasteiger partial charge on any atom is -0.484 e. The van der Waals surface area contributed by atoms with Crippen molar-refractivity contribution >= 4 is 43.7 Å². The Labute approximate surface area is 217 Å². The first-order chi connectivity index (χ1) is 16.4. The van der Waals surface area contributed by atoms with Crippen LogP contribution in [0.25, 0.3) is 0 Å². The van der Waals surface area contributed by atoms with Gasteiger partial charge in [-0.1, -0.05) is 74.3 Å². The Morgan fingerprint density at radius 1 is 0.971 bits per heavy atom. The normalized spacial score (nSPS) is 11.5. The summed E-state index contributed by atoms with van der Waals surface area (Å²) in [6.45, 7) is 4.45. The van der Waals surface area contributed by atoms with Crippen LogP contribution in [0.3, 0.4) is 0 Å². The van der Waals surface area contributed by atoms with Crippen molar-refractivity contribution in [2.45, 2.75) is 32.9 Å². The molecule has 3 aromatic rings. The Morgan fingerprint density at radius 3 is 2.32 bits per heavy atom. The van der Waals surface area contributed by atoms with E-state index in [1.54, 1.807) is 4.90 Å². The van der Waals surface area contributed by atoms with E-state index in [-0.39, 0.29) is 18.4 Å². The van der Waals surface area contributed by atoms with Crippen LogP contribution in [0.1, 0.15) is 23.6 Å². The second-order valence-electron chi connectivity index (χ2n) is 7.95. The number of hydrogen-bond donors (Lipinski definition) is 1. The number of carbonyl (C=O) groups is 2. The van der Waals surface area contributed by atoms with Gasteiger partial charge in [0.25, 0.3) is 5.91 Å². The zero-order valence-corrected chi connectivity index (χ0v) is 22.4. The monoisotopic (exact) mass is 586 g/mol. The zero-order valence-electron chi connectivity index (χ0n) is 19.3. The molecular formula is C27H28Br2N2O3. The molecular weight excluding hydrogens is 560 g/mol. The van der Waals surface area contributed by atoms with Crippen LogP contribution in [-0.4, -0.2) is 35.9 Å². The molecule has 0 aliphatic rings. The summed E-state index contributed by atoms with van der Waals surface area (Å²) < 4.78 is 7.76. The number of rotatable bonds is 10. The Bertz CT molecular complexity index is 1100. The summed E-state index contributed by atoms with van der Waals surface area (Å²) in [7, 11) is 0. The molecule has 0 saturated carbocycles. The van der Waals surface area contributed by atoms with E-state index < -0.39 is 6.04 Å². The van der Waals surface area contributed by atoms with Gasteiger partial charge in [0.05, 0.1) is 0 Å². The van der Waals surface area contributed by atoms with Crippen LogP contribution in [-0.2, 0) is 22.6 Å². The summed E-state index contributed by atoms with van der Waals surface area (Å²) in [5, 5.41) is 2.90. The number of carbonyl (C=O) groups excluding carboxylic acids is 2. The van der Waals surface area contributed by atoms with Gasteiger partial charge in [-0.3, -0.25) is 9.59 Å². The number of benzene rings is 3. The molecule has 3 aromatic carbocycles. The van der Waals surface area contributed by atoms with Gasteiger partial charge in [0.2, 0.25) is 5.91 Å². The molecule has 1 N–H and O–H groups in total. The topological polar surface area (TPSA) is 58.6 Å². The van der Waals surface area contributed by atoms with Crippen molar-refractivity contribution in [3.8, 4) is 5.75 Å². The standard InChI is InChI=1S/C27H28Br2N2O3/c1-3-30-27(33)25(16-20-7-5-4-6-8-20)31(17-21-9-11-22(28)12-10-21)26(32)18-34-23-13-14-24(29)19(2)15-23/h4-15,25H,3,16-18H2,1-2H3,(H,30,33)/t25-/m1/s1. The minimum absolute atomic E-state index is 0.164. The van der Waals surface area contributed by atoms with Crippen molar-refractivity contribution in [1.29, 1.82) is 0 Å². The molecule has 0 bridgehead atoms. The van der Waals surface area contributed by atoms with E-state index in [2.05, 4.69) is 37.2 Å². The van der Waals surface area contributed by atoms with Crippen LogP contribution >= 0.6 is 31.9 Å². The van der Waals surface area contributed by atoms with Gasteiger partial charge in [0, 0.05) is 28.5 Å². The zero-order chi connectivity index (χ0) is 24.5. The average molecular weight is 588 g/mol. The Hall–Kier alpha value is -2.64. The highest BCUT2D eigenvalue weighted by Gasteiger charge is 2.30. The van der Waals surface area contributed by atoms with E-state index in [1.807, 2.05) is 86.6 Å². The van der Waals surface area contributed by atoms with E-state index in [4.69, 9.17) is 4.74 Å². The van der Waals surface area contributed by atoms with Gasteiger partial charge in [-0.05, 0) is 60.9 Å². The molecule has 0 unspecified atom stereocenters. The number of amides is 2. The van der Waals surface area contributed by atoms with Crippen LogP contribution in [0.4, 0.5) is 0 Å². The van der Waals surface area contributed by atoms with E-state index >= 15 is 0 Å². The number of ether oxygens (including phenoxy) is 1. The fraction of sp³-hybridized carbons (Fsp3) is 0.259. The molecule has 3 rings (SSSR count). The van der Waals surface area contributed by atoms with E-state index in [1.165, 1.54) is 0 Å². The summed E-state index contributed by atoms with van der Waals surface area (Å²) in [4.78, 5) is 28.2. The molecule has 0 spiro atoms. The highest BCUT2D eigenvalue weighted by Crippen LogP contribution is 2.22. The number of likely N-dealkylation sites (N-methyl/N-ethyl adjacent to an activating group) is 1. The first-order valence-electron chi connectivity index (χ1n) is 11.1. The van der Waals surface area contributed by atoms with Crippen LogP contribution in [0.5, 0.6) is 5.75 Å². The number of hydrogen-bond acceptors (Lipinski definition) is 3. The second kappa shape index (κ2) is 12.7. The summed E-state index contributed by atoms with van der Waals surface area (Å²) in [6, 6.07) is 22.4. The molecule has 2 amide bonds. The Balaban J connectivity index is 1.88. The lowest BCUT2D eigenvalue weighted by Crippen LogP contribution is -2.51. The maximum atomic E-state index is 13.5. The minimum atomic E-state index is -0.672. The second-order valence-corrected chi connectivity index (χ2v) is 9.72. The lowest BCUT2D eigenvalue weighted by molar-refractivity contribution is -0.142. The van der Waals surface area contributed by atoms with Crippen molar-refractivity contribution in [2.75, 3.05) is 13.2 Å². The van der Waals surface area contributed by atoms with E-state index in [0.717, 1.165) is 25.6 Å². The Kier molecular flexibility index (Phi) is 9.72. The molecule has 0 heterocycles. The van der Waals surface area contributed by atoms with Gasteiger partial charge in [0.1, 0.15) is 11.8 Å². The van der Waals surface area contributed by atoms with Gasteiger partial charge in [-0.2, -0.15) is 0 Å². The third-order valence-corrected chi connectivity index (χ3v) is 6.80. The maximum absolute atomic E-state index is 13.5. The Morgan fingerprint density at radius 2 is 1.68 bits per heavy atom. The lowest BCUT2D eigenvalue weighted by Gasteiger charge is -2.31. The summed E-state index contributed by atoms with van der Waals surface area (Å²) in [5.41, 5.74) is 2.93. The number of halogens is 2. The summed E-state index contributed by atoms with van der Waals surface area (Å²) in [5.74, 6) is 0.169. The van der Waals surface area contributed by atoms with Gasteiger partial charge in [0.15, 0.2) is 6.61 Å². The van der Waals surface area contributed by atoms with Crippen LogP contribution in [0, 0.1) is 6.92 Å². The van der Waals surface area contributed by atoms with Crippen molar-refractivity contribution in [1.82, 2.24) is 10.2 Å². The van der Waals surface area contributed by atoms with Crippen LogP contribution < -0.4 is 10.1 Å². The molecule has 0 aromatic heterocycles.